The minimum atomic E-state index is -0.696. The summed E-state index contributed by atoms with van der Waals surface area (Å²) in [6.45, 7) is 3.52. The van der Waals surface area contributed by atoms with Crippen LogP contribution in [0.4, 0.5) is 0 Å². The van der Waals surface area contributed by atoms with Gasteiger partial charge in [-0.25, -0.2) is 4.79 Å². The average Bonchev–Trinajstić information content (AvgIpc) is 3.50. The summed E-state index contributed by atoms with van der Waals surface area (Å²) in [7, 11) is 0. The second-order valence-electron chi connectivity index (χ2n) is 7.28. The minimum Gasteiger partial charge on any atom is -0.345 e. The lowest BCUT2D eigenvalue weighted by molar-refractivity contribution is 0.0967. The molecule has 2 aromatic heterocycles. The fourth-order valence-electron chi connectivity index (χ4n) is 3.63. The SMILES string of the molecule is Cc1cc(C(=O)Cn2c(=O)c(C#N)cn(C3CC3)c2=O)c(C)n1C1CC1. The van der Waals surface area contributed by atoms with Crippen molar-refractivity contribution in [3.63, 3.8) is 0 Å². The van der Waals surface area contributed by atoms with Gasteiger partial charge in [-0.3, -0.25) is 18.7 Å². The summed E-state index contributed by atoms with van der Waals surface area (Å²) < 4.78 is 4.48. The third-order valence-corrected chi connectivity index (χ3v) is 5.25. The summed E-state index contributed by atoms with van der Waals surface area (Å²) in [6, 6.07) is 4.14. The molecule has 2 fully saturated rings. The molecule has 0 amide bonds. The minimum absolute atomic E-state index is 0.0245. The van der Waals surface area contributed by atoms with Crippen LogP contribution in [0.3, 0.4) is 0 Å². The normalized spacial score (nSPS) is 16.5. The van der Waals surface area contributed by atoms with E-state index in [1.807, 2.05) is 26.0 Å². The van der Waals surface area contributed by atoms with E-state index in [2.05, 4.69) is 4.57 Å². The highest BCUT2D eigenvalue weighted by Crippen LogP contribution is 2.38. The van der Waals surface area contributed by atoms with Crippen LogP contribution in [0, 0.1) is 25.2 Å². The number of Topliss-reactive ketones (excluding diaryl/α,β-unsaturated/α-hetero) is 1. The second-order valence-corrected chi connectivity index (χ2v) is 7.28. The molecule has 2 aromatic rings. The molecule has 0 atom stereocenters. The predicted molar refractivity (Wildman–Crippen MR) is 94.5 cm³/mol. The van der Waals surface area contributed by atoms with Gasteiger partial charge in [0.25, 0.3) is 5.56 Å². The summed E-state index contributed by atoms with van der Waals surface area (Å²) in [5.74, 6) is -0.276. The van der Waals surface area contributed by atoms with Crippen molar-refractivity contribution in [3.8, 4) is 6.07 Å². The lowest BCUT2D eigenvalue weighted by Crippen LogP contribution is -2.42. The molecule has 0 saturated heterocycles. The van der Waals surface area contributed by atoms with Crippen LogP contribution < -0.4 is 11.2 Å². The standard InChI is InChI=1S/C19H20N4O3/c1-11-7-16(12(2)23(11)15-5-6-15)17(24)10-22-18(25)13(8-20)9-21(19(22)26)14-3-4-14/h7,9,14-15H,3-6,10H2,1-2H3. The topological polar surface area (TPSA) is 89.8 Å². The molecule has 0 unspecified atom stereocenters. The average molecular weight is 352 g/mol. The number of hydrogen-bond donors (Lipinski definition) is 0. The summed E-state index contributed by atoms with van der Waals surface area (Å²) in [6.07, 6.45) is 5.24. The molecular weight excluding hydrogens is 332 g/mol. The molecule has 0 bridgehead atoms. The van der Waals surface area contributed by atoms with Gasteiger partial charge in [-0.05, 0) is 45.6 Å². The Labute approximate surface area is 150 Å². The molecule has 2 aliphatic carbocycles. The van der Waals surface area contributed by atoms with Crippen molar-refractivity contribution >= 4 is 5.78 Å². The highest BCUT2D eigenvalue weighted by molar-refractivity contribution is 5.97. The molecule has 2 heterocycles. The van der Waals surface area contributed by atoms with Crippen LogP contribution in [0.1, 0.15) is 65.1 Å². The maximum Gasteiger partial charge on any atom is 0.331 e. The first kappa shape index (κ1) is 16.6. The molecule has 0 aromatic carbocycles. The number of aromatic nitrogens is 3. The molecule has 0 N–H and O–H groups in total. The Morgan fingerprint density at radius 3 is 2.42 bits per heavy atom. The number of nitriles is 1. The quantitative estimate of drug-likeness (QED) is 0.768. The largest absolute Gasteiger partial charge is 0.345 e. The zero-order valence-corrected chi connectivity index (χ0v) is 14.9. The molecule has 7 heteroatoms. The zero-order valence-electron chi connectivity index (χ0n) is 14.9. The molecule has 26 heavy (non-hydrogen) atoms. The van der Waals surface area contributed by atoms with Gasteiger partial charge in [0.1, 0.15) is 11.6 Å². The van der Waals surface area contributed by atoms with Crippen molar-refractivity contribution in [1.29, 1.82) is 5.26 Å². The molecule has 4 rings (SSSR count). The van der Waals surface area contributed by atoms with Crippen LogP contribution in [0.2, 0.25) is 0 Å². The third kappa shape index (κ3) is 2.62. The van der Waals surface area contributed by atoms with E-state index in [0.29, 0.717) is 11.6 Å². The lowest BCUT2D eigenvalue weighted by atomic mass is 10.1. The Kier molecular flexibility index (Phi) is 3.72. The van der Waals surface area contributed by atoms with Gasteiger partial charge in [0, 0.05) is 35.2 Å². The van der Waals surface area contributed by atoms with Crippen molar-refractivity contribution < 1.29 is 4.79 Å². The molecular formula is C19H20N4O3. The molecule has 134 valence electrons. The Hall–Kier alpha value is -2.88. The fraction of sp³-hybridized carbons (Fsp3) is 0.474. The lowest BCUT2D eigenvalue weighted by Gasteiger charge is -2.10. The number of carbonyl (C=O) groups is 1. The van der Waals surface area contributed by atoms with E-state index in [0.717, 1.165) is 41.6 Å². The summed E-state index contributed by atoms with van der Waals surface area (Å²) in [4.78, 5) is 37.9. The van der Waals surface area contributed by atoms with Crippen molar-refractivity contribution in [2.45, 2.75) is 58.2 Å². The van der Waals surface area contributed by atoms with Gasteiger partial charge in [0.2, 0.25) is 0 Å². The van der Waals surface area contributed by atoms with E-state index in [4.69, 9.17) is 0 Å². The third-order valence-electron chi connectivity index (χ3n) is 5.25. The molecule has 0 aliphatic heterocycles. The van der Waals surface area contributed by atoms with Crippen molar-refractivity contribution in [1.82, 2.24) is 13.7 Å². The summed E-state index contributed by atoms with van der Waals surface area (Å²) in [5, 5.41) is 9.20. The van der Waals surface area contributed by atoms with Crippen LogP contribution in [-0.2, 0) is 6.54 Å². The van der Waals surface area contributed by atoms with Crippen LogP contribution in [0.5, 0.6) is 0 Å². The Morgan fingerprint density at radius 2 is 1.85 bits per heavy atom. The maximum atomic E-state index is 12.8. The zero-order chi connectivity index (χ0) is 18.6. The van der Waals surface area contributed by atoms with Crippen LogP contribution in [-0.4, -0.2) is 19.5 Å². The summed E-state index contributed by atoms with van der Waals surface area (Å²) in [5.41, 5.74) is 1.12. The number of nitrogens with zero attached hydrogens (tertiary/aromatic N) is 4. The van der Waals surface area contributed by atoms with E-state index in [-0.39, 0.29) is 23.9 Å². The second kappa shape index (κ2) is 5.84. The fourth-order valence-corrected chi connectivity index (χ4v) is 3.63. The van der Waals surface area contributed by atoms with Gasteiger partial charge >= 0.3 is 5.69 Å². The number of hydrogen-bond acceptors (Lipinski definition) is 4. The highest BCUT2D eigenvalue weighted by atomic mass is 16.2. The predicted octanol–water partition coefficient (Wildman–Crippen LogP) is 1.85. The number of aryl methyl sites for hydroxylation is 1. The van der Waals surface area contributed by atoms with Gasteiger partial charge < -0.3 is 4.57 Å². The molecule has 2 saturated carbocycles. The van der Waals surface area contributed by atoms with Gasteiger partial charge in [-0.15, -0.1) is 0 Å². The Bertz CT molecular complexity index is 1070. The Balaban J connectivity index is 1.74. The number of ketones is 1. The van der Waals surface area contributed by atoms with Gasteiger partial charge in [0.15, 0.2) is 5.78 Å². The van der Waals surface area contributed by atoms with Crippen LogP contribution in [0.15, 0.2) is 21.9 Å². The first-order chi connectivity index (χ1) is 12.4. The van der Waals surface area contributed by atoms with Gasteiger partial charge in [-0.1, -0.05) is 0 Å². The van der Waals surface area contributed by atoms with Gasteiger partial charge in [-0.2, -0.15) is 5.26 Å². The van der Waals surface area contributed by atoms with Crippen molar-refractivity contribution in [3.05, 3.63) is 55.6 Å². The van der Waals surface area contributed by atoms with E-state index >= 15 is 0 Å². The summed E-state index contributed by atoms with van der Waals surface area (Å²) >= 11 is 0. The van der Waals surface area contributed by atoms with Crippen molar-refractivity contribution in [2.24, 2.45) is 0 Å². The molecule has 0 spiro atoms. The highest BCUT2D eigenvalue weighted by Gasteiger charge is 2.30. The molecule has 0 radical (unpaired) electrons. The first-order valence-corrected chi connectivity index (χ1v) is 8.90. The van der Waals surface area contributed by atoms with Gasteiger partial charge in [0.05, 0.1) is 6.54 Å². The smallest absolute Gasteiger partial charge is 0.331 e. The molecule has 7 nitrogen and oxygen atoms in total. The first-order valence-electron chi connectivity index (χ1n) is 8.90. The Morgan fingerprint density at radius 1 is 1.19 bits per heavy atom. The van der Waals surface area contributed by atoms with E-state index in [1.165, 1.54) is 10.8 Å². The van der Waals surface area contributed by atoms with E-state index in [9.17, 15) is 19.6 Å². The maximum absolute atomic E-state index is 12.8. The number of rotatable bonds is 5. The van der Waals surface area contributed by atoms with Crippen LogP contribution in [0.25, 0.3) is 0 Å². The van der Waals surface area contributed by atoms with Crippen molar-refractivity contribution in [2.75, 3.05) is 0 Å². The van der Waals surface area contributed by atoms with Crippen LogP contribution >= 0.6 is 0 Å². The molecule has 2 aliphatic rings. The number of carbonyl (C=O) groups excluding carboxylic acids is 1. The van der Waals surface area contributed by atoms with E-state index < -0.39 is 11.2 Å². The monoisotopic (exact) mass is 352 g/mol. The van der Waals surface area contributed by atoms with E-state index in [1.54, 1.807) is 0 Å².